The van der Waals surface area contributed by atoms with Crippen molar-refractivity contribution in [2.45, 2.75) is 18.1 Å². The average Bonchev–Trinajstić information content (AvgIpc) is 3.22. The highest BCUT2D eigenvalue weighted by atomic mass is 127. The summed E-state index contributed by atoms with van der Waals surface area (Å²) in [4.78, 5) is 21.0. The van der Waals surface area contributed by atoms with Gasteiger partial charge in [-0.05, 0) is 30.7 Å². The molecule has 2 aliphatic rings. The zero-order valence-corrected chi connectivity index (χ0v) is 19.0. The quantitative estimate of drug-likeness (QED) is 0.366. The van der Waals surface area contributed by atoms with Gasteiger partial charge < -0.3 is 20.4 Å². The molecule has 0 radical (unpaired) electrons. The summed E-state index contributed by atoms with van der Waals surface area (Å²) in [6.07, 6.45) is 2.57. The number of guanidine groups is 1. The van der Waals surface area contributed by atoms with Gasteiger partial charge in [-0.15, -0.1) is 24.0 Å². The highest BCUT2D eigenvalue weighted by Gasteiger charge is 2.21. The Kier molecular flexibility index (Phi) is 9.53. The van der Waals surface area contributed by atoms with Gasteiger partial charge in [-0.2, -0.15) is 11.8 Å². The molecule has 6 nitrogen and oxygen atoms in total. The minimum atomic E-state index is 0. The summed E-state index contributed by atoms with van der Waals surface area (Å²) < 4.78 is 0. The lowest BCUT2D eigenvalue weighted by Gasteiger charge is -2.36. The minimum Gasteiger partial charge on any atom is -0.368 e. The van der Waals surface area contributed by atoms with Crippen LogP contribution >= 0.6 is 35.7 Å². The van der Waals surface area contributed by atoms with E-state index >= 15 is 0 Å². The molecule has 0 aliphatic carbocycles. The van der Waals surface area contributed by atoms with Gasteiger partial charge in [0.2, 0.25) is 5.91 Å². The molecule has 0 bridgehead atoms. The van der Waals surface area contributed by atoms with Crippen LogP contribution in [0.15, 0.2) is 35.3 Å². The number of aliphatic imine (C=N–C) groups is 1. The van der Waals surface area contributed by atoms with Gasteiger partial charge in [0.15, 0.2) is 5.96 Å². The number of carbonyl (C=O) groups is 1. The Morgan fingerprint density at radius 2 is 1.93 bits per heavy atom. The first-order valence-electron chi connectivity index (χ1n) is 9.40. The maximum Gasteiger partial charge on any atom is 0.242 e. The number of hydrogen-bond acceptors (Lipinski definition) is 4. The normalized spacial score (nSPS) is 20.2. The Morgan fingerprint density at radius 3 is 2.56 bits per heavy atom. The van der Waals surface area contributed by atoms with Crippen molar-refractivity contribution >= 4 is 53.3 Å². The zero-order chi connectivity index (χ0) is 18.2. The molecule has 2 heterocycles. The van der Waals surface area contributed by atoms with E-state index in [1.807, 2.05) is 22.7 Å². The molecule has 1 atom stereocenters. The highest BCUT2D eigenvalue weighted by molar-refractivity contribution is 14.0. The van der Waals surface area contributed by atoms with Crippen molar-refractivity contribution in [2.75, 3.05) is 57.0 Å². The molecule has 2 saturated heterocycles. The number of carbonyl (C=O) groups excluding carboxylic acids is 1. The topological polar surface area (TPSA) is 60.0 Å². The smallest absolute Gasteiger partial charge is 0.242 e. The third-order valence-corrected chi connectivity index (χ3v) is 6.30. The van der Waals surface area contributed by atoms with Gasteiger partial charge in [0.05, 0.1) is 6.54 Å². The summed E-state index contributed by atoms with van der Waals surface area (Å²) >= 11 is 2.02. The predicted molar refractivity (Wildman–Crippen MR) is 125 cm³/mol. The fourth-order valence-corrected chi connectivity index (χ4v) is 4.56. The minimum absolute atomic E-state index is 0. The van der Waals surface area contributed by atoms with Gasteiger partial charge in [-0.3, -0.25) is 9.79 Å². The molecule has 0 aromatic heterocycles. The van der Waals surface area contributed by atoms with E-state index in [4.69, 9.17) is 0 Å². The van der Waals surface area contributed by atoms with Gasteiger partial charge in [0, 0.05) is 50.7 Å². The summed E-state index contributed by atoms with van der Waals surface area (Å²) in [6.45, 7) is 4.49. The average molecular weight is 503 g/mol. The van der Waals surface area contributed by atoms with Crippen molar-refractivity contribution < 1.29 is 4.79 Å². The summed E-state index contributed by atoms with van der Waals surface area (Å²) in [5.41, 5.74) is 1.23. The number of nitrogens with one attached hydrogen (secondary N) is 2. The van der Waals surface area contributed by atoms with E-state index in [0.717, 1.165) is 32.7 Å². The molecule has 1 aromatic rings. The van der Waals surface area contributed by atoms with Crippen molar-refractivity contribution in [1.82, 2.24) is 15.5 Å². The Labute approximate surface area is 183 Å². The number of hydrogen-bond donors (Lipinski definition) is 2. The summed E-state index contributed by atoms with van der Waals surface area (Å²) in [6, 6.07) is 10.4. The monoisotopic (exact) mass is 503 g/mol. The molecule has 2 N–H and O–H groups in total. The molecule has 1 aromatic carbocycles. The molecular weight excluding hydrogens is 473 g/mol. The van der Waals surface area contributed by atoms with Crippen LogP contribution in [0.1, 0.15) is 12.8 Å². The van der Waals surface area contributed by atoms with Crippen LogP contribution in [0.4, 0.5) is 5.69 Å². The van der Waals surface area contributed by atoms with Crippen molar-refractivity contribution in [3.63, 3.8) is 0 Å². The lowest BCUT2D eigenvalue weighted by Crippen LogP contribution is -2.52. The van der Waals surface area contributed by atoms with E-state index in [-0.39, 0.29) is 29.9 Å². The fraction of sp³-hybridized carbons (Fsp3) is 0.579. The number of piperazine rings is 1. The molecular formula is C19H30IN5OS. The third kappa shape index (κ3) is 6.74. The lowest BCUT2D eigenvalue weighted by atomic mass is 10.2. The van der Waals surface area contributed by atoms with E-state index in [0.29, 0.717) is 17.8 Å². The van der Waals surface area contributed by atoms with Crippen LogP contribution in [-0.2, 0) is 4.79 Å². The number of thioether (sulfide) groups is 1. The fourth-order valence-electron chi connectivity index (χ4n) is 3.36. The molecule has 0 saturated carbocycles. The number of nitrogens with zero attached hydrogens (tertiary/aromatic N) is 3. The lowest BCUT2D eigenvalue weighted by molar-refractivity contribution is -0.130. The standard InChI is InChI=1S/C19H29N5OS.HI/c1-20-19(21-14-17-8-5-13-26-17)22-15-18(25)24-11-9-23(10-12-24)16-6-3-2-4-7-16;/h2-4,6-7,17H,5,8-15H2,1H3,(H2,20,21,22);1H. The summed E-state index contributed by atoms with van der Waals surface area (Å²) in [5.74, 6) is 2.11. The molecule has 2 aliphatic heterocycles. The Balaban J connectivity index is 0.00000261. The van der Waals surface area contributed by atoms with Crippen LogP contribution in [-0.4, -0.2) is 74.1 Å². The largest absolute Gasteiger partial charge is 0.368 e. The van der Waals surface area contributed by atoms with Gasteiger partial charge in [0.1, 0.15) is 0 Å². The van der Waals surface area contributed by atoms with Gasteiger partial charge in [0.25, 0.3) is 0 Å². The molecule has 0 spiro atoms. The van der Waals surface area contributed by atoms with Gasteiger partial charge >= 0.3 is 0 Å². The van der Waals surface area contributed by atoms with Crippen LogP contribution in [0.3, 0.4) is 0 Å². The van der Waals surface area contributed by atoms with Gasteiger partial charge in [-0.25, -0.2) is 0 Å². The Hall–Kier alpha value is -1.16. The van der Waals surface area contributed by atoms with Crippen LogP contribution in [0.25, 0.3) is 0 Å². The molecule has 27 heavy (non-hydrogen) atoms. The van der Waals surface area contributed by atoms with E-state index in [1.54, 1.807) is 7.05 Å². The SMILES string of the molecule is CN=C(NCC(=O)N1CCN(c2ccccc2)CC1)NCC1CCCS1.I. The second-order valence-corrected chi connectivity index (χ2v) is 8.05. The van der Waals surface area contributed by atoms with Crippen LogP contribution in [0.5, 0.6) is 0 Å². The van der Waals surface area contributed by atoms with Crippen molar-refractivity contribution in [2.24, 2.45) is 4.99 Å². The first-order chi connectivity index (χ1) is 12.8. The summed E-state index contributed by atoms with van der Waals surface area (Å²) in [5, 5.41) is 7.16. The second kappa shape index (κ2) is 11.6. The number of rotatable bonds is 5. The number of benzene rings is 1. The molecule has 8 heteroatoms. The summed E-state index contributed by atoms with van der Waals surface area (Å²) in [7, 11) is 1.75. The van der Waals surface area contributed by atoms with E-state index in [1.165, 1.54) is 24.3 Å². The number of para-hydroxylation sites is 1. The zero-order valence-electron chi connectivity index (χ0n) is 15.9. The van der Waals surface area contributed by atoms with Crippen LogP contribution in [0, 0.1) is 0 Å². The first-order valence-corrected chi connectivity index (χ1v) is 10.4. The third-order valence-electron chi connectivity index (χ3n) is 4.91. The molecule has 1 unspecified atom stereocenters. The molecule has 2 fully saturated rings. The van der Waals surface area contributed by atoms with E-state index in [2.05, 4.69) is 44.8 Å². The van der Waals surface area contributed by atoms with Crippen molar-refractivity contribution in [3.05, 3.63) is 30.3 Å². The predicted octanol–water partition coefficient (Wildman–Crippen LogP) is 2.01. The van der Waals surface area contributed by atoms with E-state index in [9.17, 15) is 4.79 Å². The van der Waals surface area contributed by atoms with Crippen molar-refractivity contribution in [3.8, 4) is 0 Å². The first kappa shape index (κ1) is 22.1. The van der Waals surface area contributed by atoms with Crippen molar-refractivity contribution in [1.29, 1.82) is 0 Å². The molecule has 150 valence electrons. The Bertz CT molecular complexity index is 601. The number of halogens is 1. The number of amides is 1. The molecule has 1 amide bonds. The maximum atomic E-state index is 12.5. The Morgan fingerprint density at radius 1 is 1.19 bits per heavy atom. The van der Waals surface area contributed by atoms with Crippen LogP contribution in [0.2, 0.25) is 0 Å². The molecule has 3 rings (SSSR count). The maximum absolute atomic E-state index is 12.5. The number of anilines is 1. The van der Waals surface area contributed by atoms with Gasteiger partial charge in [-0.1, -0.05) is 18.2 Å². The van der Waals surface area contributed by atoms with Crippen LogP contribution < -0.4 is 15.5 Å². The highest BCUT2D eigenvalue weighted by Crippen LogP contribution is 2.25. The second-order valence-electron chi connectivity index (χ2n) is 6.65. The van der Waals surface area contributed by atoms with E-state index < -0.39 is 0 Å².